The Balaban J connectivity index is 1.75. The van der Waals surface area contributed by atoms with Gasteiger partial charge in [-0.3, -0.25) is 0 Å². The summed E-state index contributed by atoms with van der Waals surface area (Å²) in [5.41, 5.74) is 0.869. The van der Waals surface area contributed by atoms with Crippen LogP contribution in [0.3, 0.4) is 0 Å². The maximum absolute atomic E-state index is 5.89. The van der Waals surface area contributed by atoms with Crippen molar-refractivity contribution in [3.05, 3.63) is 30.1 Å². The van der Waals surface area contributed by atoms with E-state index in [2.05, 4.69) is 22.4 Å². The van der Waals surface area contributed by atoms with Crippen molar-refractivity contribution in [2.75, 3.05) is 13.7 Å². The zero-order valence-electron chi connectivity index (χ0n) is 12.5. The number of nitrogens with zero attached hydrogens (tertiary/aromatic N) is 2. The fourth-order valence-corrected chi connectivity index (χ4v) is 2.08. The van der Waals surface area contributed by atoms with Crippen LogP contribution in [0, 0.1) is 5.92 Å². The minimum Gasteiger partial charge on any atom is -0.492 e. The van der Waals surface area contributed by atoms with Crippen LogP contribution in [0.1, 0.15) is 25.6 Å². The molecule has 3 rings (SSSR count). The highest BCUT2D eigenvalue weighted by Crippen LogP contribution is 2.33. The summed E-state index contributed by atoms with van der Waals surface area (Å²) < 4.78 is 11.3. The van der Waals surface area contributed by atoms with E-state index in [4.69, 9.17) is 9.26 Å². The first-order valence-electron chi connectivity index (χ1n) is 7.48. The zero-order valence-corrected chi connectivity index (χ0v) is 12.5. The van der Waals surface area contributed by atoms with Crippen molar-refractivity contribution in [1.82, 2.24) is 15.5 Å². The third-order valence-electron chi connectivity index (χ3n) is 3.74. The largest absolute Gasteiger partial charge is 0.492 e. The fourth-order valence-electron chi connectivity index (χ4n) is 2.08. The number of rotatable bonds is 7. The Hall–Kier alpha value is -1.88. The average molecular weight is 287 g/mol. The molecule has 0 aliphatic heterocycles. The van der Waals surface area contributed by atoms with Crippen molar-refractivity contribution in [3.8, 4) is 17.2 Å². The molecule has 0 radical (unpaired) electrons. The summed E-state index contributed by atoms with van der Waals surface area (Å²) in [5.74, 6) is 2.78. The molecule has 1 unspecified atom stereocenters. The Morgan fingerprint density at radius 2 is 2.19 bits per heavy atom. The summed E-state index contributed by atoms with van der Waals surface area (Å²) in [6, 6.07) is 8.15. The van der Waals surface area contributed by atoms with Gasteiger partial charge in [0, 0.05) is 12.5 Å². The summed E-state index contributed by atoms with van der Waals surface area (Å²) in [4.78, 5) is 4.47. The number of para-hydroxylation sites is 1. The molecule has 1 fully saturated rings. The Morgan fingerprint density at radius 1 is 1.38 bits per heavy atom. The molecule has 1 heterocycles. The van der Waals surface area contributed by atoms with Gasteiger partial charge in [0.1, 0.15) is 5.75 Å². The van der Waals surface area contributed by atoms with Crippen molar-refractivity contribution < 1.29 is 9.26 Å². The lowest BCUT2D eigenvalue weighted by Crippen LogP contribution is -2.24. The van der Waals surface area contributed by atoms with Crippen LogP contribution < -0.4 is 10.1 Å². The molecule has 1 aliphatic rings. The summed E-state index contributed by atoms with van der Waals surface area (Å²) >= 11 is 0. The van der Waals surface area contributed by atoms with Gasteiger partial charge in [-0.2, -0.15) is 4.98 Å². The van der Waals surface area contributed by atoms with Gasteiger partial charge in [0.2, 0.25) is 0 Å². The predicted molar refractivity (Wildman–Crippen MR) is 80.2 cm³/mol. The van der Waals surface area contributed by atoms with Crippen molar-refractivity contribution in [2.24, 2.45) is 5.92 Å². The molecular weight excluding hydrogens is 266 g/mol. The van der Waals surface area contributed by atoms with Crippen molar-refractivity contribution >= 4 is 0 Å². The van der Waals surface area contributed by atoms with Gasteiger partial charge in [-0.1, -0.05) is 17.3 Å². The zero-order chi connectivity index (χ0) is 14.7. The van der Waals surface area contributed by atoms with E-state index in [-0.39, 0.29) is 0 Å². The SMILES string of the molecule is CNC(C)Cc1noc(-c2ccccc2OCC2CC2)n1. The lowest BCUT2D eigenvalue weighted by atomic mass is 10.2. The van der Waals surface area contributed by atoms with Gasteiger partial charge in [0.05, 0.1) is 12.2 Å². The topological polar surface area (TPSA) is 60.2 Å². The molecule has 0 amide bonds. The monoisotopic (exact) mass is 287 g/mol. The summed E-state index contributed by atoms with van der Waals surface area (Å²) in [6.45, 7) is 2.86. The second-order valence-corrected chi connectivity index (χ2v) is 5.66. The molecule has 21 heavy (non-hydrogen) atoms. The maximum atomic E-state index is 5.89. The first-order valence-corrected chi connectivity index (χ1v) is 7.48. The number of benzene rings is 1. The fraction of sp³-hybridized carbons (Fsp3) is 0.500. The van der Waals surface area contributed by atoms with Gasteiger partial charge in [0.25, 0.3) is 5.89 Å². The van der Waals surface area contributed by atoms with Gasteiger partial charge < -0.3 is 14.6 Å². The molecule has 1 aromatic carbocycles. The van der Waals surface area contributed by atoms with E-state index in [0.29, 0.717) is 23.7 Å². The minimum absolute atomic E-state index is 0.316. The van der Waals surface area contributed by atoms with E-state index in [1.165, 1.54) is 12.8 Å². The Labute approximate surface area is 124 Å². The number of hydrogen-bond acceptors (Lipinski definition) is 5. The molecule has 1 atom stereocenters. The van der Waals surface area contributed by atoms with Crippen molar-refractivity contribution in [3.63, 3.8) is 0 Å². The second-order valence-electron chi connectivity index (χ2n) is 5.66. The normalized spacial score (nSPS) is 15.9. The Morgan fingerprint density at radius 3 is 2.95 bits per heavy atom. The third kappa shape index (κ3) is 3.61. The molecule has 112 valence electrons. The number of likely N-dealkylation sites (N-methyl/N-ethyl adjacent to an activating group) is 1. The third-order valence-corrected chi connectivity index (χ3v) is 3.74. The van der Waals surface area contributed by atoms with E-state index in [1.807, 2.05) is 31.3 Å². The van der Waals surface area contributed by atoms with E-state index >= 15 is 0 Å². The molecule has 0 spiro atoms. The Bertz CT molecular complexity index is 593. The molecule has 1 aliphatic carbocycles. The summed E-state index contributed by atoms with van der Waals surface area (Å²) in [5, 5.41) is 7.21. The van der Waals surface area contributed by atoms with E-state index in [1.54, 1.807) is 0 Å². The lowest BCUT2D eigenvalue weighted by molar-refractivity contribution is 0.299. The van der Waals surface area contributed by atoms with E-state index < -0.39 is 0 Å². The van der Waals surface area contributed by atoms with Crippen LogP contribution in [0.2, 0.25) is 0 Å². The minimum atomic E-state index is 0.316. The van der Waals surface area contributed by atoms with Crippen LogP contribution in [-0.4, -0.2) is 29.8 Å². The van der Waals surface area contributed by atoms with Crippen molar-refractivity contribution in [2.45, 2.75) is 32.2 Å². The summed E-state index contributed by atoms with van der Waals surface area (Å²) in [7, 11) is 1.92. The number of ether oxygens (including phenoxy) is 1. The molecule has 1 N–H and O–H groups in total. The highest BCUT2D eigenvalue weighted by Gasteiger charge is 2.23. The number of nitrogens with one attached hydrogen (secondary N) is 1. The van der Waals surface area contributed by atoms with Gasteiger partial charge in [-0.25, -0.2) is 0 Å². The van der Waals surface area contributed by atoms with Crippen LogP contribution in [0.25, 0.3) is 11.5 Å². The molecule has 5 heteroatoms. The van der Waals surface area contributed by atoms with Gasteiger partial charge in [0.15, 0.2) is 5.82 Å². The molecule has 5 nitrogen and oxygen atoms in total. The summed E-state index contributed by atoms with van der Waals surface area (Å²) in [6.07, 6.45) is 3.29. The first-order chi connectivity index (χ1) is 10.3. The second kappa shape index (κ2) is 6.26. The molecule has 0 bridgehead atoms. The van der Waals surface area contributed by atoms with E-state index in [0.717, 1.165) is 24.3 Å². The lowest BCUT2D eigenvalue weighted by Gasteiger charge is -2.08. The smallest absolute Gasteiger partial charge is 0.261 e. The highest BCUT2D eigenvalue weighted by molar-refractivity contribution is 5.62. The van der Waals surface area contributed by atoms with Crippen LogP contribution in [0.5, 0.6) is 5.75 Å². The average Bonchev–Trinajstić information content (AvgIpc) is 3.23. The molecule has 0 saturated heterocycles. The number of aromatic nitrogens is 2. The first kappa shape index (κ1) is 14.1. The molecule has 1 aromatic heterocycles. The highest BCUT2D eigenvalue weighted by atomic mass is 16.5. The van der Waals surface area contributed by atoms with Crippen LogP contribution in [-0.2, 0) is 6.42 Å². The molecule has 2 aromatic rings. The van der Waals surface area contributed by atoms with Gasteiger partial charge in [-0.05, 0) is 44.9 Å². The van der Waals surface area contributed by atoms with Gasteiger partial charge >= 0.3 is 0 Å². The van der Waals surface area contributed by atoms with Gasteiger partial charge in [-0.15, -0.1) is 0 Å². The van der Waals surface area contributed by atoms with Crippen LogP contribution >= 0.6 is 0 Å². The van der Waals surface area contributed by atoms with Crippen LogP contribution in [0.4, 0.5) is 0 Å². The maximum Gasteiger partial charge on any atom is 0.261 e. The van der Waals surface area contributed by atoms with Crippen LogP contribution in [0.15, 0.2) is 28.8 Å². The van der Waals surface area contributed by atoms with E-state index in [9.17, 15) is 0 Å². The quantitative estimate of drug-likeness (QED) is 0.848. The predicted octanol–water partition coefficient (Wildman–Crippen LogP) is 2.68. The molecule has 1 saturated carbocycles. The molecular formula is C16H21N3O2. The van der Waals surface area contributed by atoms with Crippen molar-refractivity contribution in [1.29, 1.82) is 0 Å². The number of hydrogen-bond donors (Lipinski definition) is 1. The standard InChI is InChI=1S/C16H21N3O2/c1-11(17-2)9-15-18-16(21-19-15)13-5-3-4-6-14(13)20-10-12-7-8-12/h3-6,11-12,17H,7-10H2,1-2H3. The Kier molecular flexibility index (Phi) is 4.20.